The summed E-state index contributed by atoms with van der Waals surface area (Å²) in [4.78, 5) is 1.45. The number of aliphatic hydroxyl groups excluding tert-OH is 1. The van der Waals surface area contributed by atoms with Crippen LogP contribution in [0.5, 0.6) is 5.75 Å². The second-order valence-electron chi connectivity index (χ2n) is 4.81. The maximum absolute atomic E-state index is 14.1. The number of rotatable bonds is 4. The van der Waals surface area contributed by atoms with Gasteiger partial charge in [-0.3, -0.25) is 4.90 Å². The number of nitrogens with zero attached hydrogens (tertiary/aromatic N) is 1. The highest BCUT2D eigenvalue weighted by Crippen LogP contribution is 2.40. The molecule has 0 radical (unpaired) electrons. The van der Waals surface area contributed by atoms with Gasteiger partial charge in [-0.25, -0.2) is 13.2 Å². The predicted molar refractivity (Wildman–Crippen MR) is 67.3 cm³/mol. The molecule has 0 amide bonds. The molecule has 112 valence electrons. The molecule has 7 heteroatoms. The standard InChI is InChI=1S/C13H17F3N2O2/c14-9-1-2-11(20)10(7-9)12(13(15,16)8-19)18-5-3-17-4-6-18/h1-2,7,12,17,19-20H,3-6,8H2/t12-/m0/s1. The van der Waals surface area contributed by atoms with Gasteiger partial charge in [0.1, 0.15) is 24.2 Å². The van der Waals surface area contributed by atoms with Crippen molar-refractivity contribution in [3.8, 4) is 5.75 Å². The molecule has 1 aromatic carbocycles. The van der Waals surface area contributed by atoms with Crippen molar-refractivity contribution in [2.75, 3.05) is 32.8 Å². The molecule has 0 bridgehead atoms. The van der Waals surface area contributed by atoms with Crippen LogP contribution < -0.4 is 5.32 Å². The van der Waals surface area contributed by atoms with Crippen LogP contribution >= 0.6 is 0 Å². The van der Waals surface area contributed by atoms with E-state index in [0.717, 1.165) is 18.2 Å². The lowest BCUT2D eigenvalue weighted by Crippen LogP contribution is -2.51. The van der Waals surface area contributed by atoms with Crippen LogP contribution in [0.25, 0.3) is 0 Å². The molecule has 0 unspecified atom stereocenters. The Kier molecular flexibility index (Phi) is 4.52. The Morgan fingerprint density at radius 1 is 1.30 bits per heavy atom. The van der Waals surface area contributed by atoms with Gasteiger partial charge in [-0.2, -0.15) is 0 Å². The van der Waals surface area contributed by atoms with E-state index in [0.29, 0.717) is 26.2 Å². The lowest BCUT2D eigenvalue weighted by atomic mass is 9.97. The number of piperazine rings is 1. The first kappa shape index (κ1) is 15.1. The van der Waals surface area contributed by atoms with Crippen LogP contribution in [0.2, 0.25) is 0 Å². The predicted octanol–water partition coefficient (Wildman–Crippen LogP) is 1.11. The van der Waals surface area contributed by atoms with Crippen molar-refractivity contribution in [3.63, 3.8) is 0 Å². The zero-order valence-electron chi connectivity index (χ0n) is 10.8. The van der Waals surface area contributed by atoms with Crippen molar-refractivity contribution in [2.45, 2.75) is 12.0 Å². The second-order valence-corrected chi connectivity index (χ2v) is 4.81. The summed E-state index contributed by atoms with van der Waals surface area (Å²) in [5, 5.41) is 21.8. The van der Waals surface area contributed by atoms with Crippen LogP contribution in [0, 0.1) is 5.82 Å². The Morgan fingerprint density at radius 2 is 1.95 bits per heavy atom. The summed E-state index contributed by atoms with van der Waals surface area (Å²) in [6.45, 7) is 0.339. The van der Waals surface area contributed by atoms with E-state index in [1.54, 1.807) is 0 Å². The smallest absolute Gasteiger partial charge is 0.290 e. The lowest BCUT2D eigenvalue weighted by molar-refractivity contribution is -0.119. The van der Waals surface area contributed by atoms with Gasteiger partial charge in [0.05, 0.1) is 0 Å². The molecule has 0 spiro atoms. The van der Waals surface area contributed by atoms with Gasteiger partial charge < -0.3 is 15.5 Å². The van der Waals surface area contributed by atoms with Crippen molar-refractivity contribution in [1.82, 2.24) is 10.2 Å². The van der Waals surface area contributed by atoms with Crippen LogP contribution in [-0.4, -0.2) is 53.8 Å². The highest BCUT2D eigenvalue weighted by molar-refractivity contribution is 5.36. The van der Waals surface area contributed by atoms with Crippen LogP contribution in [0.1, 0.15) is 11.6 Å². The molecular weight excluding hydrogens is 273 g/mol. The number of nitrogens with one attached hydrogen (secondary N) is 1. The Balaban J connectivity index is 2.42. The van der Waals surface area contributed by atoms with E-state index in [9.17, 15) is 18.3 Å². The topological polar surface area (TPSA) is 55.7 Å². The van der Waals surface area contributed by atoms with Gasteiger partial charge in [-0.05, 0) is 18.2 Å². The largest absolute Gasteiger partial charge is 0.508 e. The van der Waals surface area contributed by atoms with Gasteiger partial charge >= 0.3 is 0 Å². The van der Waals surface area contributed by atoms with Crippen molar-refractivity contribution < 1.29 is 23.4 Å². The number of phenols is 1. The third kappa shape index (κ3) is 3.05. The van der Waals surface area contributed by atoms with Gasteiger partial charge in [0.25, 0.3) is 5.92 Å². The summed E-state index contributed by atoms with van der Waals surface area (Å²) in [6.07, 6.45) is 0. The second kappa shape index (κ2) is 5.99. The molecule has 1 fully saturated rings. The molecule has 3 N–H and O–H groups in total. The monoisotopic (exact) mass is 290 g/mol. The number of hydrogen-bond donors (Lipinski definition) is 3. The molecule has 0 aromatic heterocycles. The Hall–Kier alpha value is -1.31. The number of aromatic hydroxyl groups is 1. The van der Waals surface area contributed by atoms with Gasteiger partial charge in [-0.1, -0.05) is 0 Å². The summed E-state index contributed by atoms with van der Waals surface area (Å²) < 4.78 is 41.4. The summed E-state index contributed by atoms with van der Waals surface area (Å²) in [5.41, 5.74) is -0.203. The molecule has 1 aliphatic heterocycles. The molecule has 20 heavy (non-hydrogen) atoms. The summed E-state index contributed by atoms with van der Waals surface area (Å²) in [7, 11) is 0. The fourth-order valence-electron chi connectivity index (χ4n) is 2.46. The molecule has 0 saturated carbocycles. The molecule has 1 atom stereocenters. The van der Waals surface area contributed by atoms with Crippen LogP contribution in [0.15, 0.2) is 18.2 Å². The summed E-state index contributed by atoms with van der Waals surface area (Å²) in [6, 6.07) is 1.40. The van der Waals surface area contributed by atoms with E-state index in [4.69, 9.17) is 5.11 Å². The maximum atomic E-state index is 14.1. The molecule has 1 saturated heterocycles. The Bertz CT molecular complexity index is 465. The minimum absolute atomic E-state index is 0.203. The number of halogens is 3. The molecular formula is C13H17F3N2O2. The minimum Gasteiger partial charge on any atom is -0.508 e. The quantitative estimate of drug-likeness (QED) is 0.777. The van der Waals surface area contributed by atoms with Crippen LogP contribution in [0.3, 0.4) is 0 Å². The Labute approximate surface area is 114 Å². The van der Waals surface area contributed by atoms with E-state index in [2.05, 4.69) is 5.32 Å². The first-order chi connectivity index (χ1) is 9.45. The molecule has 2 rings (SSSR count). The summed E-state index contributed by atoms with van der Waals surface area (Å²) in [5.74, 6) is -4.57. The Morgan fingerprint density at radius 3 is 2.55 bits per heavy atom. The molecule has 1 heterocycles. The molecule has 1 aliphatic rings. The van der Waals surface area contributed by atoms with Crippen LogP contribution in [-0.2, 0) is 0 Å². The van der Waals surface area contributed by atoms with E-state index >= 15 is 0 Å². The van der Waals surface area contributed by atoms with Gasteiger partial charge in [0, 0.05) is 31.7 Å². The number of hydrogen-bond acceptors (Lipinski definition) is 4. The van der Waals surface area contributed by atoms with Crippen LogP contribution in [0.4, 0.5) is 13.2 Å². The minimum atomic E-state index is -3.47. The highest BCUT2D eigenvalue weighted by atomic mass is 19.3. The zero-order valence-corrected chi connectivity index (χ0v) is 10.8. The summed E-state index contributed by atoms with van der Waals surface area (Å²) >= 11 is 0. The lowest BCUT2D eigenvalue weighted by Gasteiger charge is -2.38. The van der Waals surface area contributed by atoms with Crippen molar-refractivity contribution in [3.05, 3.63) is 29.6 Å². The number of benzene rings is 1. The third-order valence-electron chi connectivity index (χ3n) is 3.41. The zero-order chi connectivity index (χ0) is 14.8. The van der Waals surface area contributed by atoms with Gasteiger partial charge in [0.15, 0.2) is 0 Å². The van der Waals surface area contributed by atoms with Gasteiger partial charge in [-0.15, -0.1) is 0 Å². The average molecular weight is 290 g/mol. The number of phenolic OH excluding ortho intramolecular Hbond substituents is 1. The third-order valence-corrected chi connectivity index (χ3v) is 3.41. The maximum Gasteiger partial charge on any atom is 0.290 e. The van der Waals surface area contributed by atoms with E-state index in [-0.39, 0.29) is 5.56 Å². The van der Waals surface area contributed by atoms with Crippen molar-refractivity contribution in [1.29, 1.82) is 0 Å². The normalized spacial score (nSPS) is 19.0. The van der Waals surface area contributed by atoms with E-state index in [1.165, 1.54) is 4.90 Å². The molecule has 1 aromatic rings. The fourth-order valence-corrected chi connectivity index (χ4v) is 2.46. The fraction of sp³-hybridized carbons (Fsp3) is 0.538. The SMILES string of the molecule is OCC(F)(F)[C@H](c1cc(F)ccc1O)N1CCNCC1. The first-order valence-corrected chi connectivity index (χ1v) is 6.37. The first-order valence-electron chi connectivity index (χ1n) is 6.37. The van der Waals surface area contributed by atoms with E-state index in [1.807, 2.05) is 0 Å². The van der Waals surface area contributed by atoms with Crippen molar-refractivity contribution >= 4 is 0 Å². The number of alkyl halides is 2. The highest BCUT2D eigenvalue weighted by Gasteiger charge is 2.45. The van der Waals surface area contributed by atoms with Crippen molar-refractivity contribution in [2.24, 2.45) is 0 Å². The average Bonchev–Trinajstić information content (AvgIpc) is 2.44. The number of aliphatic hydroxyl groups is 1. The molecule has 0 aliphatic carbocycles. The molecule has 4 nitrogen and oxygen atoms in total. The van der Waals surface area contributed by atoms with E-state index < -0.39 is 30.1 Å². The van der Waals surface area contributed by atoms with Gasteiger partial charge in [0.2, 0.25) is 0 Å².